The second-order valence-corrected chi connectivity index (χ2v) is 5.28. The molecule has 0 aliphatic heterocycles. The van der Waals surface area contributed by atoms with Crippen LogP contribution in [0.2, 0.25) is 0 Å². The summed E-state index contributed by atoms with van der Waals surface area (Å²) in [5.41, 5.74) is 0.718. The highest BCUT2D eigenvalue weighted by Gasteiger charge is 2.16. The number of H-pyrrole nitrogens is 1. The number of hydrogen-bond donors (Lipinski definition) is 2. The minimum atomic E-state index is -0.276. The lowest BCUT2D eigenvalue weighted by Gasteiger charge is -2.07. The summed E-state index contributed by atoms with van der Waals surface area (Å²) in [6, 6.07) is 5.56. The van der Waals surface area contributed by atoms with E-state index < -0.39 is 0 Å². The molecule has 0 saturated heterocycles. The van der Waals surface area contributed by atoms with Crippen molar-refractivity contribution in [3.8, 4) is 11.5 Å². The van der Waals surface area contributed by atoms with E-state index >= 15 is 0 Å². The van der Waals surface area contributed by atoms with E-state index in [0.717, 1.165) is 5.69 Å². The minimum Gasteiger partial charge on any atom is -0.352 e. The van der Waals surface area contributed by atoms with Crippen LogP contribution in [-0.2, 0) is 4.79 Å². The second-order valence-electron chi connectivity index (χ2n) is 3.98. The summed E-state index contributed by atoms with van der Waals surface area (Å²) >= 11 is 1.29. The number of nitrogens with one attached hydrogen (secondary N) is 2. The number of aromatic nitrogens is 4. The molecule has 0 saturated carbocycles. The maximum Gasteiger partial charge on any atom is 0.233 e. The average Bonchev–Trinajstić information content (AvgIpc) is 2.94. The first-order valence-corrected chi connectivity index (χ1v) is 6.97. The van der Waals surface area contributed by atoms with Crippen LogP contribution in [0.4, 0.5) is 0 Å². The molecule has 2 aromatic rings. The Labute approximate surface area is 121 Å². The minimum absolute atomic E-state index is 0.0703. The summed E-state index contributed by atoms with van der Waals surface area (Å²) < 4.78 is 0. The number of amides is 1. The highest BCUT2D eigenvalue weighted by molar-refractivity contribution is 8.00. The number of carbonyl (C=O) groups excluding carboxylic acids is 1. The zero-order chi connectivity index (χ0) is 14.4. The van der Waals surface area contributed by atoms with Gasteiger partial charge in [-0.2, -0.15) is 4.98 Å². The summed E-state index contributed by atoms with van der Waals surface area (Å²) in [4.78, 5) is 20.2. The molecule has 1 atom stereocenters. The third-order valence-corrected chi connectivity index (χ3v) is 3.41. The number of rotatable bonds is 6. The standard InChI is InChI=1S/C13H15N5OS/c1-3-7-15-12(19)9(2)20-13-16-11(17-18-13)10-6-4-5-8-14-10/h3-6,8-9H,1,7H2,2H3,(H,15,19)(H,16,17,18)/t9-/m1/s1. The largest absolute Gasteiger partial charge is 0.352 e. The fraction of sp³-hybridized carbons (Fsp3) is 0.231. The molecule has 2 N–H and O–H groups in total. The molecule has 104 valence electrons. The van der Waals surface area contributed by atoms with Gasteiger partial charge in [-0.25, -0.2) is 0 Å². The average molecular weight is 289 g/mol. The van der Waals surface area contributed by atoms with Gasteiger partial charge in [-0.05, 0) is 19.1 Å². The van der Waals surface area contributed by atoms with E-state index in [1.165, 1.54) is 11.8 Å². The van der Waals surface area contributed by atoms with Crippen molar-refractivity contribution in [1.29, 1.82) is 0 Å². The topological polar surface area (TPSA) is 83.6 Å². The third kappa shape index (κ3) is 3.67. The molecule has 7 heteroatoms. The molecule has 0 unspecified atom stereocenters. The summed E-state index contributed by atoms with van der Waals surface area (Å²) in [7, 11) is 0. The first kappa shape index (κ1) is 14.3. The van der Waals surface area contributed by atoms with Crippen LogP contribution in [0.1, 0.15) is 6.92 Å². The van der Waals surface area contributed by atoms with Gasteiger partial charge in [0.05, 0.1) is 5.25 Å². The van der Waals surface area contributed by atoms with E-state index in [-0.39, 0.29) is 11.2 Å². The highest BCUT2D eigenvalue weighted by atomic mass is 32.2. The van der Waals surface area contributed by atoms with Gasteiger partial charge in [0.25, 0.3) is 0 Å². The summed E-state index contributed by atoms with van der Waals surface area (Å²) in [6.07, 6.45) is 3.33. The van der Waals surface area contributed by atoms with Crippen LogP contribution in [0.5, 0.6) is 0 Å². The number of pyridine rings is 1. The first-order chi connectivity index (χ1) is 9.70. The Balaban J connectivity index is 1.99. The van der Waals surface area contributed by atoms with Crippen molar-refractivity contribution in [3.63, 3.8) is 0 Å². The zero-order valence-corrected chi connectivity index (χ0v) is 11.9. The molecule has 1 amide bonds. The molecule has 0 spiro atoms. The fourth-order valence-corrected chi connectivity index (χ4v) is 2.19. The summed E-state index contributed by atoms with van der Waals surface area (Å²) in [5.74, 6) is 0.519. The van der Waals surface area contributed by atoms with E-state index in [2.05, 4.69) is 32.1 Å². The first-order valence-electron chi connectivity index (χ1n) is 6.09. The molecular weight excluding hydrogens is 274 g/mol. The van der Waals surface area contributed by atoms with Crippen LogP contribution >= 0.6 is 11.8 Å². The van der Waals surface area contributed by atoms with Gasteiger partial charge in [-0.15, -0.1) is 11.7 Å². The molecule has 2 heterocycles. The van der Waals surface area contributed by atoms with Gasteiger partial charge < -0.3 is 5.32 Å². The maximum atomic E-state index is 11.7. The molecule has 2 aromatic heterocycles. The van der Waals surface area contributed by atoms with E-state index in [0.29, 0.717) is 17.5 Å². The molecule has 20 heavy (non-hydrogen) atoms. The molecule has 0 bridgehead atoms. The molecule has 0 aliphatic rings. The Morgan fingerprint density at radius 3 is 3.15 bits per heavy atom. The van der Waals surface area contributed by atoms with Crippen LogP contribution in [0.3, 0.4) is 0 Å². The summed E-state index contributed by atoms with van der Waals surface area (Å²) in [5, 5.41) is 9.88. The Hall–Kier alpha value is -2.15. The lowest BCUT2D eigenvalue weighted by Crippen LogP contribution is -2.30. The predicted molar refractivity (Wildman–Crippen MR) is 78.1 cm³/mol. The monoisotopic (exact) mass is 289 g/mol. The number of nitrogens with zero attached hydrogens (tertiary/aromatic N) is 3. The van der Waals surface area contributed by atoms with Crippen molar-refractivity contribution in [2.45, 2.75) is 17.3 Å². The number of thioether (sulfide) groups is 1. The Bertz CT molecular complexity index is 583. The van der Waals surface area contributed by atoms with Gasteiger partial charge in [0.1, 0.15) is 5.69 Å². The normalized spacial score (nSPS) is 11.8. The Morgan fingerprint density at radius 2 is 2.45 bits per heavy atom. The van der Waals surface area contributed by atoms with Crippen molar-refractivity contribution in [1.82, 2.24) is 25.5 Å². The van der Waals surface area contributed by atoms with Gasteiger partial charge in [0.15, 0.2) is 5.82 Å². The van der Waals surface area contributed by atoms with Crippen LogP contribution in [-0.4, -0.2) is 37.9 Å². The number of hydrogen-bond acceptors (Lipinski definition) is 5. The van der Waals surface area contributed by atoms with Gasteiger partial charge in [-0.3, -0.25) is 14.9 Å². The third-order valence-electron chi connectivity index (χ3n) is 2.44. The molecule has 2 rings (SSSR count). The second kappa shape index (κ2) is 6.85. The van der Waals surface area contributed by atoms with Gasteiger partial charge in [-0.1, -0.05) is 23.9 Å². The SMILES string of the molecule is C=CCNC(=O)[C@@H](C)Sc1n[nH]c(-c2ccccn2)n1. The van der Waals surface area contributed by atoms with Crippen LogP contribution in [0.15, 0.2) is 42.2 Å². The number of carbonyl (C=O) groups is 1. The lowest BCUT2D eigenvalue weighted by molar-refractivity contribution is -0.120. The Kier molecular flexibility index (Phi) is 4.89. The molecule has 0 fully saturated rings. The van der Waals surface area contributed by atoms with Gasteiger partial charge in [0.2, 0.25) is 11.1 Å². The van der Waals surface area contributed by atoms with E-state index in [1.807, 2.05) is 18.2 Å². The molecule has 6 nitrogen and oxygen atoms in total. The molecular formula is C13H15N5OS. The van der Waals surface area contributed by atoms with Crippen molar-refractivity contribution >= 4 is 17.7 Å². The van der Waals surface area contributed by atoms with Crippen molar-refractivity contribution in [2.24, 2.45) is 0 Å². The summed E-state index contributed by atoms with van der Waals surface area (Å²) in [6.45, 7) is 5.82. The molecule has 0 radical (unpaired) electrons. The van der Waals surface area contributed by atoms with E-state index in [4.69, 9.17) is 0 Å². The van der Waals surface area contributed by atoms with Crippen LogP contribution < -0.4 is 5.32 Å². The van der Waals surface area contributed by atoms with Crippen molar-refractivity contribution < 1.29 is 4.79 Å². The Morgan fingerprint density at radius 1 is 1.60 bits per heavy atom. The maximum absolute atomic E-state index is 11.7. The zero-order valence-electron chi connectivity index (χ0n) is 11.0. The quantitative estimate of drug-likeness (QED) is 0.624. The molecule has 0 aliphatic carbocycles. The van der Waals surface area contributed by atoms with Crippen molar-refractivity contribution in [3.05, 3.63) is 37.1 Å². The highest BCUT2D eigenvalue weighted by Crippen LogP contribution is 2.21. The molecule has 0 aromatic carbocycles. The predicted octanol–water partition coefficient (Wildman–Crippen LogP) is 1.65. The van der Waals surface area contributed by atoms with Crippen LogP contribution in [0.25, 0.3) is 11.5 Å². The van der Waals surface area contributed by atoms with E-state index in [1.54, 1.807) is 19.2 Å². The number of aromatic amines is 1. The van der Waals surface area contributed by atoms with Crippen LogP contribution in [0, 0.1) is 0 Å². The fourth-order valence-electron chi connectivity index (χ4n) is 1.44. The van der Waals surface area contributed by atoms with Crippen molar-refractivity contribution in [2.75, 3.05) is 6.54 Å². The smallest absolute Gasteiger partial charge is 0.233 e. The van der Waals surface area contributed by atoms with Gasteiger partial charge >= 0.3 is 0 Å². The van der Waals surface area contributed by atoms with E-state index in [9.17, 15) is 4.79 Å². The van der Waals surface area contributed by atoms with Gasteiger partial charge in [0, 0.05) is 12.7 Å². The lowest BCUT2D eigenvalue weighted by atomic mass is 10.3.